The van der Waals surface area contributed by atoms with Gasteiger partial charge in [-0.25, -0.2) is 0 Å². The van der Waals surface area contributed by atoms with Crippen LogP contribution in [0.2, 0.25) is 0 Å². The van der Waals surface area contributed by atoms with Crippen LogP contribution in [0.4, 0.5) is 0 Å². The second-order valence-corrected chi connectivity index (χ2v) is 6.44. The summed E-state index contributed by atoms with van der Waals surface area (Å²) < 4.78 is 0. The first-order chi connectivity index (χ1) is 8.66. The van der Waals surface area contributed by atoms with Crippen LogP contribution in [0.1, 0.15) is 67.0 Å². The molecule has 1 atom stereocenters. The predicted molar refractivity (Wildman–Crippen MR) is 80.3 cm³/mol. The maximum absolute atomic E-state index is 6.58. The summed E-state index contributed by atoms with van der Waals surface area (Å²) in [7, 11) is 0. The van der Waals surface area contributed by atoms with E-state index < -0.39 is 0 Å². The summed E-state index contributed by atoms with van der Waals surface area (Å²) in [6.07, 6.45) is 9.60. The zero-order valence-electron chi connectivity index (χ0n) is 11.7. The third-order valence-corrected chi connectivity index (χ3v) is 4.77. The molecular formula is C17H25Cl. The molecule has 100 valence electrons. The van der Waals surface area contributed by atoms with Gasteiger partial charge < -0.3 is 0 Å². The summed E-state index contributed by atoms with van der Waals surface area (Å²) in [6.45, 7) is 4.32. The number of benzene rings is 1. The minimum Gasteiger partial charge on any atom is -0.118 e. The molecule has 0 bridgehead atoms. The van der Waals surface area contributed by atoms with Crippen LogP contribution in [-0.4, -0.2) is 0 Å². The van der Waals surface area contributed by atoms with Gasteiger partial charge in [-0.05, 0) is 43.7 Å². The molecule has 0 saturated heterocycles. The molecule has 1 unspecified atom stereocenters. The number of rotatable bonds is 4. The van der Waals surface area contributed by atoms with Crippen molar-refractivity contribution < 1.29 is 0 Å². The maximum atomic E-state index is 6.58. The highest BCUT2D eigenvalue weighted by molar-refractivity contribution is 6.20. The van der Waals surface area contributed by atoms with Gasteiger partial charge in [-0.3, -0.25) is 0 Å². The summed E-state index contributed by atoms with van der Waals surface area (Å²) in [5, 5.41) is 0.201. The van der Waals surface area contributed by atoms with Crippen molar-refractivity contribution in [3.63, 3.8) is 0 Å². The molecule has 0 radical (unpaired) electrons. The fraction of sp³-hybridized carbons (Fsp3) is 0.647. The largest absolute Gasteiger partial charge is 0.118 e. The van der Waals surface area contributed by atoms with Crippen LogP contribution in [0.15, 0.2) is 18.2 Å². The second-order valence-electron chi connectivity index (χ2n) is 5.91. The molecule has 18 heavy (non-hydrogen) atoms. The Morgan fingerprint density at radius 3 is 2.56 bits per heavy atom. The van der Waals surface area contributed by atoms with Crippen molar-refractivity contribution in [2.45, 2.75) is 64.2 Å². The molecule has 0 spiro atoms. The fourth-order valence-corrected chi connectivity index (χ4v) is 3.56. The number of hydrogen-bond acceptors (Lipinski definition) is 0. The van der Waals surface area contributed by atoms with Crippen LogP contribution in [0.25, 0.3) is 0 Å². The van der Waals surface area contributed by atoms with E-state index in [1.54, 1.807) is 0 Å². The van der Waals surface area contributed by atoms with E-state index in [9.17, 15) is 0 Å². The van der Waals surface area contributed by atoms with Crippen LogP contribution in [0, 0.1) is 19.8 Å². The zero-order chi connectivity index (χ0) is 13.0. The van der Waals surface area contributed by atoms with Gasteiger partial charge in [0.05, 0.1) is 5.38 Å². The van der Waals surface area contributed by atoms with Crippen LogP contribution >= 0.6 is 11.6 Å². The minimum atomic E-state index is 0.201. The highest BCUT2D eigenvalue weighted by atomic mass is 35.5. The smallest absolute Gasteiger partial charge is 0.0587 e. The molecule has 1 aromatic carbocycles. The lowest BCUT2D eigenvalue weighted by molar-refractivity contribution is 0.331. The third-order valence-electron chi connectivity index (χ3n) is 4.32. The van der Waals surface area contributed by atoms with E-state index in [-0.39, 0.29) is 5.38 Å². The van der Waals surface area contributed by atoms with E-state index in [4.69, 9.17) is 11.6 Å². The number of aryl methyl sites for hydroxylation is 2. The Hall–Kier alpha value is -0.490. The molecule has 0 N–H and O–H groups in total. The lowest BCUT2D eigenvalue weighted by Gasteiger charge is -2.23. The second kappa shape index (κ2) is 6.61. The average molecular weight is 265 g/mol. The molecule has 1 aliphatic carbocycles. The van der Waals surface area contributed by atoms with Gasteiger partial charge in [0.15, 0.2) is 0 Å². The van der Waals surface area contributed by atoms with Gasteiger partial charge in [0, 0.05) is 0 Å². The van der Waals surface area contributed by atoms with E-state index in [2.05, 4.69) is 32.0 Å². The molecule has 0 heterocycles. The topological polar surface area (TPSA) is 0 Å². The van der Waals surface area contributed by atoms with E-state index in [1.807, 2.05) is 0 Å². The zero-order valence-corrected chi connectivity index (χ0v) is 12.5. The van der Waals surface area contributed by atoms with Crippen LogP contribution in [0.5, 0.6) is 0 Å². The number of hydrogen-bond donors (Lipinski definition) is 0. The highest BCUT2D eigenvalue weighted by Gasteiger charge is 2.17. The Kier molecular flexibility index (Phi) is 5.12. The van der Waals surface area contributed by atoms with Gasteiger partial charge >= 0.3 is 0 Å². The molecule has 0 aliphatic heterocycles. The number of halogens is 1. The molecule has 2 rings (SSSR count). The van der Waals surface area contributed by atoms with Crippen LogP contribution in [0.3, 0.4) is 0 Å². The Bertz CT molecular complexity index is 377. The Morgan fingerprint density at radius 2 is 1.89 bits per heavy atom. The monoisotopic (exact) mass is 264 g/mol. The summed E-state index contributed by atoms with van der Waals surface area (Å²) in [4.78, 5) is 0. The normalized spacial score (nSPS) is 18.8. The van der Waals surface area contributed by atoms with Crippen molar-refractivity contribution in [3.05, 3.63) is 34.9 Å². The molecule has 1 heteroatoms. The third kappa shape index (κ3) is 3.75. The molecule has 1 aliphatic rings. The minimum absolute atomic E-state index is 0.201. The van der Waals surface area contributed by atoms with Crippen molar-refractivity contribution >= 4 is 11.6 Å². The highest BCUT2D eigenvalue weighted by Crippen LogP contribution is 2.34. The lowest BCUT2D eigenvalue weighted by Crippen LogP contribution is -2.07. The Balaban J connectivity index is 1.88. The molecule has 0 nitrogen and oxygen atoms in total. The van der Waals surface area contributed by atoms with Crippen LogP contribution < -0.4 is 0 Å². The van der Waals surface area contributed by atoms with Gasteiger partial charge in [0.25, 0.3) is 0 Å². The van der Waals surface area contributed by atoms with Gasteiger partial charge in [0.2, 0.25) is 0 Å². The first kappa shape index (κ1) is 13.9. The quantitative estimate of drug-likeness (QED) is 0.590. The van der Waals surface area contributed by atoms with Crippen LogP contribution in [-0.2, 0) is 0 Å². The molecular weight excluding hydrogens is 240 g/mol. The molecule has 1 fully saturated rings. The molecule has 1 saturated carbocycles. The van der Waals surface area contributed by atoms with Crippen molar-refractivity contribution in [1.82, 2.24) is 0 Å². The first-order valence-corrected chi connectivity index (χ1v) is 7.81. The maximum Gasteiger partial charge on any atom is 0.0587 e. The Morgan fingerprint density at radius 1 is 1.17 bits per heavy atom. The van der Waals surface area contributed by atoms with Crippen molar-refractivity contribution in [3.8, 4) is 0 Å². The van der Waals surface area contributed by atoms with Gasteiger partial charge in [-0.15, -0.1) is 11.6 Å². The summed E-state index contributed by atoms with van der Waals surface area (Å²) >= 11 is 6.58. The number of alkyl halides is 1. The molecule has 0 aromatic heterocycles. The standard InChI is InChI=1S/C17H25Cl/c1-13-8-10-16(14(2)12-13)17(18)11-9-15-6-4-3-5-7-15/h8,10,12,15,17H,3-7,9,11H2,1-2H3. The van der Waals surface area contributed by atoms with E-state index in [1.165, 1.54) is 55.2 Å². The fourth-order valence-electron chi connectivity index (χ4n) is 3.19. The van der Waals surface area contributed by atoms with Gasteiger partial charge in [-0.2, -0.15) is 0 Å². The van der Waals surface area contributed by atoms with Crippen molar-refractivity contribution in [1.29, 1.82) is 0 Å². The summed E-state index contributed by atoms with van der Waals surface area (Å²) in [5.41, 5.74) is 4.00. The van der Waals surface area contributed by atoms with Gasteiger partial charge in [0.1, 0.15) is 0 Å². The average Bonchev–Trinajstić information content (AvgIpc) is 2.37. The summed E-state index contributed by atoms with van der Waals surface area (Å²) in [6, 6.07) is 6.63. The van der Waals surface area contributed by atoms with E-state index in [0.717, 1.165) is 12.3 Å². The first-order valence-electron chi connectivity index (χ1n) is 7.38. The Labute approximate surface area is 117 Å². The molecule has 1 aromatic rings. The van der Waals surface area contributed by atoms with Crippen molar-refractivity contribution in [2.75, 3.05) is 0 Å². The van der Waals surface area contributed by atoms with E-state index >= 15 is 0 Å². The van der Waals surface area contributed by atoms with E-state index in [0.29, 0.717) is 0 Å². The SMILES string of the molecule is Cc1ccc(C(Cl)CCC2CCCCC2)c(C)c1. The molecule has 0 amide bonds. The van der Waals surface area contributed by atoms with Gasteiger partial charge in [-0.1, -0.05) is 55.9 Å². The van der Waals surface area contributed by atoms with Crippen molar-refractivity contribution in [2.24, 2.45) is 5.92 Å². The summed E-state index contributed by atoms with van der Waals surface area (Å²) in [5.74, 6) is 0.936. The lowest BCUT2D eigenvalue weighted by atomic mass is 9.85. The predicted octanol–water partition coefficient (Wildman–Crippen LogP) is 5.94.